The largest absolute Gasteiger partial charge is 0.464 e. The highest BCUT2D eigenvalue weighted by Crippen LogP contribution is 2.08. The Labute approximate surface area is 135 Å². The van der Waals surface area contributed by atoms with Crippen LogP contribution >= 0.6 is 0 Å². The molecule has 1 N–H and O–H groups in total. The predicted molar refractivity (Wildman–Crippen MR) is 87.8 cm³/mol. The lowest BCUT2D eigenvalue weighted by Gasteiger charge is -2.13. The van der Waals surface area contributed by atoms with Crippen LogP contribution in [0.4, 0.5) is 4.79 Å². The van der Waals surface area contributed by atoms with E-state index in [1.165, 1.54) is 38.5 Å². The van der Waals surface area contributed by atoms with Crippen LogP contribution < -0.4 is 5.32 Å². The molecule has 0 radical (unpaired) electrons. The van der Waals surface area contributed by atoms with Gasteiger partial charge in [0.1, 0.15) is 6.04 Å². The number of carbonyl (C=O) groups is 2. The van der Waals surface area contributed by atoms with Crippen LogP contribution in [0.5, 0.6) is 0 Å². The molecule has 1 amide bonds. The van der Waals surface area contributed by atoms with Gasteiger partial charge in [-0.05, 0) is 19.8 Å². The quantitative estimate of drug-likeness (QED) is 0.409. The van der Waals surface area contributed by atoms with E-state index >= 15 is 0 Å². The molecule has 1 unspecified atom stereocenters. The van der Waals surface area contributed by atoms with E-state index in [2.05, 4.69) is 12.2 Å². The zero-order valence-corrected chi connectivity index (χ0v) is 14.5. The number of hydrogen-bond acceptors (Lipinski definition) is 4. The number of esters is 1. The first-order valence-corrected chi connectivity index (χ1v) is 8.71. The molecule has 0 spiro atoms. The average Bonchev–Trinajstić information content (AvgIpc) is 2.51. The highest BCUT2D eigenvalue weighted by molar-refractivity contribution is 5.80. The number of unbranched alkanes of at least 4 members (excludes halogenated alkanes) is 7. The van der Waals surface area contributed by atoms with Gasteiger partial charge < -0.3 is 14.8 Å². The summed E-state index contributed by atoms with van der Waals surface area (Å²) < 4.78 is 10.00. The molecule has 0 heterocycles. The van der Waals surface area contributed by atoms with Gasteiger partial charge in [-0.2, -0.15) is 0 Å². The fourth-order valence-electron chi connectivity index (χ4n) is 2.01. The van der Waals surface area contributed by atoms with Crippen LogP contribution in [0.2, 0.25) is 0 Å². The summed E-state index contributed by atoms with van der Waals surface area (Å²) in [6.07, 6.45) is 9.82. The first-order chi connectivity index (χ1) is 10.6. The highest BCUT2D eigenvalue weighted by atomic mass is 16.6. The van der Waals surface area contributed by atoms with Crippen molar-refractivity contribution in [3.8, 4) is 0 Å². The van der Waals surface area contributed by atoms with Gasteiger partial charge in [0.25, 0.3) is 0 Å². The molecule has 0 aromatic rings. The summed E-state index contributed by atoms with van der Waals surface area (Å²) in [7, 11) is 0. The van der Waals surface area contributed by atoms with Gasteiger partial charge in [0.2, 0.25) is 0 Å². The third-order valence-corrected chi connectivity index (χ3v) is 3.37. The van der Waals surface area contributed by atoms with Crippen molar-refractivity contribution in [2.45, 2.75) is 84.6 Å². The number of hydrogen-bond donors (Lipinski definition) is 1. The van der Waals surface area contributed by atoms with Gasteiger partial charge in [0, 0.05) is 0 Å². The van der Waals surface area contributed by atoms with E-state index in [1.54, 1.807) is 6.92 Å². The van der Waals surface area contributed by atoms with Crippen LogP contribution in [-0.4, -0.2) is 31.3 Å². The van der Waals surface area contributed by atoms with Crippen LogP contribution in [0.3, 0.4) is 0 Å². The van der Waals surface area contributed by atoms with Gasteiger partial charge in [-0.1, -0.05) is 58.8 Å². The molecule has 0 fully saturated rings. The van der Waals surface area contributed by atoms with Gasteiger partial charge in [-0.3, -0.25) is 0 Å². The zero-order valence-electron chi connectivity index (χ0n) is 14.5. The summed E-state index contributed by atoms with van der Waals surface area (Å²) >= 11 is 0. The second-order valence-corrected chi connectivity index (χ2v) is 5.64. The zero-order chi connectivity index (χ0) is 16.6. The molecule has 5 heteroatoms. The first-order valence-electron chi connectivity index (χ1n) is 8.71. The van der Waals surface area contributed by atoms with Crippen molar-refractivity contribution in [3.05, 3.63) is 0 Å². The van der Waals surface area contributed by atoms with E-state index in [0.29, 0.717) is 13.2 Å². The lowest BCUT2D eigenvalue weighted by molar-refractivity contribution is -0.145. The smallest absolute Gasteiger partial charge is 0.407 e. The maximum atomic E-state index is 11.7. The number of amides is 1. The molecule has 0 aliphatic carbocycles. The molecule has 0 rings (SSSR count). The predicted octanol–water partition coefficient (Wildman–Crippen LogP) is 4.20. The summed E-state index contributed by atoms with van der Waals surface area (Å²) in [6.45, 7) is 6.50. The second kappa shape index (κ2) is 14.7. The third kappa shape index (κ3) is 12.5. The molecular formula is C17H33NO4. The minimum Gasteiger partial charge on any atom is -0.464 e. The summed E-state index contributed by atoms with van der Waals surface area (Å²) in [5.41, 5.74) is 0. The Kier molecular flexibility index (Phi) is 13.8. The number of carbonyl (C=O) groups excluding carboxylic acids is 2. The molecule has 5 nitrogen and oxygen atoms in total. The van der Waals surface area contributed by atoms with Gasteiger partial charge in [-0.15, -0.1) is 0 Å². The molecule has 0 saturated carbocycles. The Morgan fingerprint density at radius 3 is 2.00 bits per heavy atom. The van der Waals surface area contributed by atoms with E-state index in [0.717, 1.165) is 19.3 Å². The number of rotatable bonds is 13. The van der Waals surface area contributed by atoms with Gasteiger partial charge in [0.15, 0.2) is 0 Å². The van der Waals surface area contributed by atoms with E-state index in [9.17, 15) is 9.59 Å². The Bertz CT molecular complexity index is 294. The molecular weight excluding hydrogens is 282 g/mol. The second-order valence-electron chi connectivity index (χ2n) is 5.64. The molecule has 0 aromatic heterocycles. The summed E-state index contributed by atoms with van der Waals surface area (Å²) in [5, 5.41) is 2.46. The highest BCUT2D eigenvalue weighted by Gasteiger charge is 2.17. The van der Waals surface area contributed by atoms with Crippen LogP contribution in [0.15, 0.2) is 0 Å². The lowest BCUT2D eigenvalue weighted by Crippen LogP contribution is -2.40. The summed E-state index contributed by atoms with van der Waals surface area (Å²) in [4.78, 5) is 23.0. The molecule has 0 aromatic carbocycles. The van der Waals surface area contributed by atoms with Gasteiger partial charge in [0.05, 0.1) is 13.2 Å². The summed E-state index contributed by atoms with van der Waals surface area (Å²) in [5.74, 6) is -0.406. The van der Waals surface area contributed by atoms with Crippen molar-refractivity contribution in [2.24, 2.45) is 0 Å². The Morgan fingerprint density at radius 2 is 1.41 bits per heavy atom. The lowest BCUT2D eigenvalue weighted by atomic mass is 10.1. The van der Waals surface area contributed by atoms with E-state index in [1.807, 2.05) is 6.92 Å². The van der Waals surface area contributed by atoms with Crippen molar-refractivity contribution in [2.75, 3.05) is 13.2 Å². The molecule has 0 saturated heterocycles. The van der Waals surface area contributed by atoms with Crippen LogP contribution in [0.1, 0.15) is 78.6 Å². The van der Waals surface area contributed by atoms with Crippen molar-refractivity contribution in [1.29, 1.82) is 0 Å². The SMILES string of the molecule is CCCCCCCCCCOC(=O)C(C)NC(=O)OCCC. The molecule has 0 aliphatic rings. The molecule has 22 heavy (non-hydrogen) atoms. The van der Waals surface area contributed by atoms with E-state index in [4.69, 9.17) is 9.47 Å². The molecule has 1 atom stereocenters. The van der Waals surface area contributed by atoms with E-state index < -0.39 is 18.1 Å². The number of alkyl carbamates (subject to hydrolysis) is 1. The normalized spacial score (nSPS) is 11.8. The van der Waals surface area contributed by atoms with Crippen LogP contribution in [0.25, 0.3) is 0 Å². The minimum absolute atomic E-state index is 0.353. The topological polar surface area (TPSA) is 64.6 Å². The fourth-order valence-corrected chi connectivity index (χ4v) is 2.01. The first kappa shape index (κ1) is 20.7. The van der Waals surface area contributed by atoms with Crippen molar-refractivity contribution >= 4 is 12.1 Å². The Morgan fingerprint density at radius 1 is 0.818 bits per heavy atom. The fraction of sp³-hybridized carbons (Fsp3) is 0.882. The Balaban J connectivity index is 3.49. The summed E-state index contributed by atoms with van der Waals surface area (Å²) in [6, 6.07) is -0.668. The molecule has 0 bridgehead atoms. The Hall–Kier alpha value is -1.26. The van der Waals surface area contributed by atoms with Crippen molar-refractivity contribution < 1.29 is 19.1 Å². The molecule has 130 valence electrons. The van der Waals surface area contributed by atoms with Crippen LogP contribution in [0, 0.1) is 0 Å². The molecule has 0 aliphatic heterocycles. The van der Waals surface area contributed by atoms with Crippen molar-refractivity contribution in [1.82, 2.24) is 5.32 Å². The van der Waals surface area contributed by atoms with E-state index in [-0.39, 0.29) is 0 Å². The maximum absolute atomic E-state index is 11.7. The van der Waals surface area contributed by atoms with Gasteiger partial charge >= 0.3 is 12.1 Å². The number of nitrogens with one attached hydrogen (secondary N) is 1. The minimum atomic E-state index is -0.668. The van der Waals surface area contributed by atoms with Crippen LogP contribution in [-0.2, 0) is 14.3 Å². The van der Waals surface area contributed by atoms with Crippen molar-refractivity contribution in [3.63, 3.8) is 0 Å². The standard InChI is InChI=1S/C17H33NO4/c1-4-6-7-8-9-10-11-12-14-21-16(19)15(3)18-17(20)22-13-5-2/h15H,4-14H2,1-3H3,(H,18,20). The van der Waals surface area contributed by atoms with Gasteiger partial charge in [-0.25, -0.2) is 9.59 Å². The average molecular weight is 315 g/mol. The number of ether oxygens (including phenoxy) is 2. The monoisotopic (exact) mass is 315 g/mol. The third-order valence-electron chi connectivity index (χ3n) is 3.37. The maximum Gasteiger partial charge on any atom is 0.407 e.